The number of aromatic nitrogens is 2. The van der Waals surface area contributed by atoms with E-state index in [1.807, 2.05) is 6.92 Å². The van der Waals surface area contributed by atoms with E-state index in [0.717, 1.165) is 30.7 Å². The van der Waals surface area contributed by atoms with E-state index >= 15 is 0 Å². The minimum atomic E-state index is -1.82. The van der Waals surface area contributed by atoms with Crippen LogP contribution in [0.4, 0.5) is 0 Å². The average molecular weight is 325 g/mol. The molecule has 8 heteroatoms. The van der Waals surface area contributed by atoms with Crippen molar-refractivity contribution in [1.29, 1.82) is 0 Å². The van der Waals surface area contributed by atoms with E-state index in [1.165, 1.54) is 38.6 Å². The van der Waals surface area contributed by atoms with Crippen molar-refractivity contribution in [3.8, 4) is 0 Å². The highest BCUT2D eigenvalue weighted by Gasteiger charge is 2.33. The van der Waals surface area contributed by atoms with Gasteiger partial charge in [0.25, 0.3) is 0 Å². The van der Waals surface area contributed by atoms with Gasteiger partial charge in [0, 0.05) is 19.6 Å². The van der Waals surface area contributed by atoms with Crippen LogP contribution in [0.15, 0.2) is 4.52 Å². The van der Waals surface area contributed by atoms with Gasteiger partial charge in [-0.15, -0.1) is 0 Å². The van der Waals surface area contributed by atoms with Crippen molar-refractivity contribution in [2.75, 3.05) is 19.6 Å². The number of nitrogens with zero attached hydrogens (tertiary/aromatic N) is 3. The minimum Gasteiger partial charge on any atom is -0.473 e. The third-order valence-corrected chi connectivity index (χ3v) is 4.27. The first-order valence-corrected chi connectivity index (χ1v) is 7.94. The van der Waals surface area contributed by atoms with Gasteiger partial charge >= 0.3 is 11.9 Å². The lowest BCUT2D eigenvalue weighted by atomic mass is 9.87. The van der Waals surface area contributed by atoms with Crippen molar-refractivity contribution < 1.29 is 24.3 Å². The third-order valence-electron chi connectivity index (χ3n) is 4.27. The summed E-state index contributed by atoms with van der Waals surface area (Å²) in [6.07, 6.45) is 7.18. The fourth-order valence-corrected chi connectivity index (χ4v) is 3.09. The number of hydrogen-bond acceptors (Lipinski definition) is 6. The average Bonchev–Trinajstić information content (AvgIpc) is 2.90. The fourth-order valence-electron chi connectivity index (χ4n) is 3.09. The summed E-state index contributed by atoms with van der Waals surface area (Å²) in [7, 11) is 0. The summed E-state index contributed by atoms with van der Waals surface area (Å²) in [6, 6.07) is 0. The summed E-state index contributed by atoms with van der Waals surface area (Å²) in [5.74, 6) is -0.632. The number of carboxylic acid groups (broad SMARTS) is 2. The second kappa shape index (κ2) is 8.05. The smallest absolute Gasteiger partial charge is 0.414 e. The molecule has 0 amide bonds. The molecule has 1 aromatic heterocycles. The van der Waals surface area contributed by atoms with E-state index in [1.54, 1.807) is 0 Å². The number of hydrogen-bond donors (Lipinski definition) is 2. The Hall–Kier alpha value is -1.96. The van der Waals surface area contributed by atoms with Gasteiger partial charge in [-0.1, -0.05) is 24.4 Å². The van der Waals surface area contributed by atoms with Gasteiger partial charge in [0.2, 0.25) is 5.89 Å². The maximum Gasteiger partial charge on any atom is 0.414 e. The summed E-state index contributed by atoms with van der Waals surface area (Å²) < 4.78 is 5.22. The molecule has 1 aromatic rings. The number of carbonyl (C=O) groups is 2. The highest BCUT2D eigenvalue weighted by molar-refractivity contribution is 6.27. The van der Waals surface area contributed by atoms with Crippen LogP contribution in [0.5, 0.6) is 0 Å². The van der Waals surface area contributed by atoms with Gasteiger partial charge in [0.05, 0.1) is 5.92 Å². The first-order valence-electron chi connectivity index (χ1n) is 7.94. The second-order valence-electron chi connectivity index (χ2n) is 6.21. The summed E-state index contributed by atoms with van der Waals surface area (Å²) in [4.78, 5) is 25.1. The molecule has 1 aliphatic heterocycles. The quantitative estimate of drug-likeness (QED) is 0.803. The van der Waals surface area contributed by atoms with Crippen molar-refractivity contribution in [2.24, 2.45) is 5.92 Å². The Balaban J connectivity index is 0.000000277. The number of carboxylic acids is 2. The van der Waals surface area contributed by atoms with Crippen LogP contribution in [-0.2, 0) is 9.59 Å². The maximum atomic E-state index is 9.10. The van der Waals surface area contributed by atoms with Crippen LogP contribution in [0, 0.1) is 12.8 Å². The van der Waals surface area contributed by atoms with Crippen LogP contribution >= 0.6 is 0 Å². The normalized spacial score (nSPS) is 19.5. The lowest BCUT2D eigenvalue weighted by molar-refractivity contribution is -0.159. The molecule has 23 heavy (non-hydrogen) atoms. The number of aliphatic carboxylic acids is 2. The van der Waals surface area contributed by atoms with Gasteiger partial charge in [-0.3, -0.25) is 0 Å². The Kier molecular flexibility index (Phi) is 6.09. The topological polar surface area (TPSA) is 117 Å². The van der Waals surface area contributed by atoms with E-state index in [4.69, 9.17) is 24.3 Å². The van der Waals surface area contributed by atoms with E-state index in [0.29, 0.717) is 5.92 Å². The second-order valence-corrected chi connectivity index (χ2v) is 6.21. The molecule has 0 unspecified atom stereocenters. The van der Waals surface area contributed by atoms with Gasteiger partial charge < -0.3 is 19.6 Å². The summed E-state index contributed by atoms with van der Waals surface area (Å²) in [6.45, 7) is 5.38. The Labute approximate surface area is 134 Å². The van der Waals surface area contributed by atoms with Gasteiger partial charge in [-0.05, 0) is 25.7 Å². The zero-order valence-electron chi connectivity index (χ0n) is 13.3. The molecule has 0 bridgehead atoms. The predicted molar refractivity (Wildman–Crippen MR) is 80.1 cm³/mol. The van der Waals surface area contributed by atoms with Gasteiger partial charge in [-0.25, -0.2) is 9.59 Å². The molecule has 1 aliphatic carbocycles. The highest BCUT2D eigenvalue weighted by atomic mass is 16.5. The molecule has 0 atom stereocenters. The summed E-state index contributed by atoms with van der Waals surface area (Å²) in [5, 5.41) is 18.6. The molecule has 128 valence electrons. The first kappa shape index (κ1) is 17.4. The minimum absolute atomic E-state index is 0.486. The summed E-state index contributed by atoms with van der Waals surface area (Å²) >= 11 is 0. The van der Waals surface area contributed by atoms with Crippen LogP contribution in [-0.4, -0.2) is 56.8 Å². The molecule has 2 aliphatic rings. The zero-order chi connectivity index (χ0) is 16.8. The Morgan fingerprint density at radius 2 is 1.78 bits per heavy atom. The molecular formula is C15H23N3O5. The standard InChI is InChI=1S/C13H21N3O.C2H2O4/c1-10-14-13(17-15-10)12-8-16(9-12)7-11-5-3-2-4-6-11;3-1(4)2(5)6/h11-12H,2-9H2,1H3;(H,3,4)(H,5,6). The molecule has 2 N–H and O–H groups in total. The molecule has 0 radical (unpaired) electrons. The zero-order valence-corrected chi connectivity index (χ0v) is 13.3. The third kappa shape index (κ3) is 5.31. The Bertz CT molecular complexity index is 521. The lowest BCUT2D eigenvalue weighted by Gasteiger charge is -2.40. The van der Waals surface area contributed by atoms with Gasteiger partial charge in [-0.2, -0.15) is 4.98 Å². The lowest BCUT2D eigenvalue weighted by Crippen LogP contribution is -2.47. The van der Waals surface area contributed by atoms with Crippen molar-refractivity contribution >= 4 is 11.9 Å². The molecule has 3 rings (SSSR count). The molecule has 2 heterocycles. The molecule has 1 saturated carbocycles. The van der Waals surface area contributed by atoms with Crippen molar-refractivity contribution in [2.45, 2.75) is 44.9 Å². The number of rotatable bonds is 3. The van der Waals surface area contributed by atoms with Crippen LogP contribution in [0.25, 0.3) is 0 Å². The van der Waals surface area contributed by atoms with Gasteiger partial charge in [0.15, 0.2) is 5.82 Å². The molecule has 0 aromatic carbocycles. The Morgan fingerprint density at radius 1 is 1.17 bits per heavy atom. The van der Waals surface area contributed by atoms with Crippen molar-refractivity contribution in [3.63, 3.8) is 0 Å². The maximum absolute atomic E-state index is 9.10. The highest BCUT2D eigenvalue weighted by Crippen LogP contribution is 2.30. The number of aryl methyl sites for hydroxylation is 1. The molecule has 2 fully saturated rings. The molecule has 0 spiro atoms. The van der Waals surface area contributed by atoms with E-state index < -0.39 is 11.9 Å². The number of likely N-dealkylation sites (tertiary alicyclic amines) is 1. The Morgan fingerprint density at radius 3 is 2.26 bits per heavy atom. The van der Waals surface area contributed by atoms with Crippen LogP contribution in [0.3, 0.4) is 0 Å². The fraction of sp³-hybridized carbons (Fsp3) is 0.733. The molecular weight excluding hydrogens is 302 g/mol. The largest absolute Gasteiger partial charge is 0.473 e. The van der Waals surface area contributed by atoms with E-state index in [-0.39, 0.29) is 0 Å². The van der Waals surface area contributed by atoms with Crippen molar-refractivity contribution in [3.05, 3.63) is 11.7 Å². The summed E-state index contributed by atoms with van der Waals surface area (Å²) in [5.41, 5.74) is 0. The van der Waals surface area contributed by atoms with E-state index in [9.17, 15) is 0 Å². The van der Waals surface area contributed by atoms with Gasteiger partial charge in [0.1, 0.15) is 0 Å². The van der Waals surface area contributed by atoms with Crippen LogP contribution in [0.2, 0.25) is 0 Å². The first-order chi connectivity index (χ1) is 11.0. The monoisotopic (exact) mass is 325 g/mol. The van der Waals surface area contributed by atoms with Crippen LogP contribution < -0.4 is 0 Å². The molecule has 1 saturated heterocycles. The van der Waals surface area contributed by atoms with Crippen molar-refractivity contribution in [1.82, 2.24) is 15.0 Å². The SMILES string of the molecule is Cc1noc(C2CN(CC3CCCCC3)C2)n1.O=C(O)C(=O)O. The van der Waals surface area contributed by atoms with Crippen LogP contribution in [0.1, 0.15) is 49.7 Å². The van der Waals surface area contributed by atoms with E-state index in [2.05, 4.69) is 15.0 Å². The predicted octanol–water partition coefficient (Wildman–Crippen LogP) is 1.51. The molecule has 8 nitrogen and oxygen atoms in total.